The van der Waals surface area contributed by atoms with E-state index in [2.05, 4.69) is 17.6 Å². The number of carbonyl (C=O) groups is 2. The van der Waals surface area contributed by atoms with Gasteiger partial charge in [0.1, 0.15) is 18.2 Å². The molecule has 1 saturated heterocycles. The molecule has 1 aromatic heterocycles. The lowest BCUT2D eigenvalue weighted by Gasteiger charge is -2.37. The van der Waals surface area contributed by atoms with Crippen LogP contribution in [0.5, 0.6) is 0 Å². The van der Waals surface area contributed by atoms with Gasteiger partial charge in [0.15, 0.2) is 5.78 Å². The van der Waals surface area contributed by atoms with Crippen molar-refractivity contribution in [2.75, 3.05) is 13.1 Å². The van der Waals surface area contributed by atoms with Crippen LogP contribution in [0.1, 0.15) is 36.7 Å². The summed E-state index contributed by atoms with van der Waals surface area (Å²) in [5, 5.41) is 9.05. The van der Waals surface area contributed by atoms with Crippen LogP contribution in [0.15, 0.2) is 42.2 Å². The number of ketones is 1. The van der Waals surface area contributed by atoms with Gasteiger partial charge in [0.2, 0.25) is 0 Å². The Morgan fingerprint density at radius 2 is 2.03 bits per heavy atom. The van der Waals surface area contributed by atoms with E-state index in [1.807, 2.05) is 11.0 Å². The lowest BCUT2D eigenvalue weighted by Crippen LogP contribution is -2.42. The highest BCUT2D eigenvalue weighted by Gasteiger charge is 2.40. The molecule has 1 aliphatic heterocycles. The molecule has 9 heteroatoms. The summed E-state index contributed by atoms with van der Waals surface area (Å²) in [7, 11) is 0. The van der Waals surface area contributed by atoms with Crippen LogP contribution in [0.3, 0.4) is 0 Å². The molecular formula is C22H25ClFN3O3S. The number of piperidine rings is 1. The Morgan fingerprint density at radius 3 is 2.71 bits per heavy atom. The lowest BCUT2D eigenvalue weighted by molar-refractivity contribution is -0.137. The molecule has 0 amide bonds. The number of carboxylic acids is 1. The molecule has 0 spiro atoms. The predicted molar refractivity (Wildman–Crippen MR) is 121 cm³/mol. The van der Waals surface area contributed by atoms with Gasteiger partial charge in [-0.3, -0.25) is 14.5 Å². The summed E-state index contributed by atoms with van der Waals surface area (Å²) in [6, 6.07) is 5.85. The fourth-order valence-electron chi connectivity index (χ4n) is 3.98. The molecule has 2 aromatic rings. The molecule has 1 N–H and O–H groups in total. The third-order valence-corrected chi connectivity index (χ3v) is 6.28. The Bertz CT molecular complexity index is 992. The first-order chi connectivity index (χ1) is 14.4. The second kappa shape index (κ2) is 9.97. The van der Waals surface area contributed by atoms with Crippen molar-refractivity contribution in [2.45, 2.75) is 37.1 Å². The molecule has 1 aliphatic carbocycles. The average Bonchev–Trinajstić information content (AvgIpc) is 3.48. The van der Waals surface area contributed by atoms with E-state index in [4.69, 9.17) is 5.11 Å². The van der Waals surface area contributed by atoms with Gasteiger partial charge in [0, 0.05) is 42.2 Å². The monoisotopic (exact) mass is 465 g/mol. The van der Waals surface area contributed by atoms with E-state index < -0.39 is 12.0 Å². The number of imidazole rings is 1. The second-order valence-corrected chi connectivity index (χ2v) is 8.53. The number of thiol groups is 1. The van der Waals surface area contributed by atoms with Gasteiger partial charge in [-0.25, -0.2) is 9.37 Å². The third-order valence-electron chi connectivity index (χ3n) is 5.69. The summed E-state index contributed by atoms with van der Waals surface area (Å²) < 4.78 is 16.2. The molecule has 2 fully saturated rings. The zero-order chi connectivity index (χ0) is 21.3. The van der Waals surface area contributed by atoms with Crippen molar-refractivity contribution in [3.63, 3.8) is 0 Å². The Kier molecular flexibility index (Phi) is 7.56. The van der Waals surface area contributed by atoms with Crippen LogP contribution in [0, 0.1) is 11.7 Å². The number of carboxylic acid groups (broad SMARTS) is 1. The molecule has 1 aromatic carbocycles. The number of aliphatic carboxylic acids is 1. The Hall–Kier alpha value is -2.16. The van der Waals surface area contributed by atoms with Crippen molar-refractivity contribution >= 4 is 42.9 Å². The van der Waals surface area contributed by atoms with E-state index in [1.165, 1.54) is 6.07 Å². The largest absolute Gasteiger partial charge is 0.480 e. The quantitative estimate of drug-likeness (QED) is 0.611. The molecule has 0 radical (unpaired) electrons. The first kappa shape index (κ1) is 23.5. The zero-order valence-electron chi connectivity index (χ0n) is 16.9. The summed E-state index contributed by atoms with van der Waals surface area (Å²) in [4.78, 5) is 30.5. The van der Waals surface area contributed by atoms with Crippen molar-refractivity contribution in [2.24, 2.45) is 5.92 Å². The molecule has 31 heavy (non-hydrogen) atoms. The molecule has 2 heterocycles. The number of Topliss-reactive ketones (excluding diaryl/α,β-unsaturated/α-hetero) is 1. The summed E-state index contributed by atoms with van der Waals surface area (Å²) >= 11 is 4.69. The number of rotatable bonds is 7. The molecule has 6 nitrogen and oxygen atoms in total. The molecule has 4 rings (SSSR count). The molecular weight excluding hydrogens is 441 g/mol. The number of hydrogen-bond acceptors (Lipinski definition) is 5. The predicted octanol–water partition coefficient (Wildman–Crippen LogP) is 3.64. The van der Waals surface area contributed by atoms with Crippen molar-refractivity contribution in [1.29, 1.82) is 0 Å². The van der Waals surface area contributed by atoms with E-state index in [0.717, 1.165) is 18.4 Å². The molecule has 1 saturated carbocycles. The number of likely N-dealkylation sites (tertiary alicyclic amines) is 1. The number of nitrogens with zero attached hydrogens (tertiary/aromatic N) is 3. The smallest absolute Gasteiger partial charge is 0.323 e. The molecule has 166 valence electrons. The molecule has 0 bridgehead atoms. The van der Waals surface area contributed by atoms with Crippen LogP contribution >= 0.6 is 25.0 Å². The Morgan fingerprint density at radius 1 is 1.29 bits per heavy atom. The van der Waals surface area contributed by atoms with Gasteiger partial charge < -0.3 is 9.67 Å². The highest BCUT2D eigenvalue weighted by atomic mass is 35.5. The number of benzene rings is 1. The van der Waals surface area contributed by atoms with Crippen molar-refractivity contribution in [3.8, 4) is 0 Å². The fourth-order valence-corrected chi connectivity index (χ4v) is 4.25. The fraction of sp³-hybridized carbons (Fsp3) is 0.409. The van der Waals surface area contributed by atoms with Crippen LogP contribution in [0.2, 0.25) is 0 Å². The standard InChI is InChI=1S/C22H24FN3O3S.ClH/c23-17-4-2-1-3-16(17)21(22(29)14-5-6-14)26-9-7-18(30)15(12-26)11-19-24-8-10-25(19)13-20(27)28;/h1-4,8,10-11,14,18,21,30H,5-7,9,12-13H2,(H,27,28);1H. The van der Waals surface area contributed by atoms with E-state index in [0.29, 0.717) is 30.9 Å². The van der Waals surface area contributed by atoms with E-state index in [-0.39, 0.29) is 41.7 Å². The SMILES string of the molecule is Cl.O=C(O)Cn1ccnc1C=C1CN(C(C(=O)C2CC2)c2ccccc2F)CCC1S. The van der Waals surface area contributed by atoms with E-state index >= 15 is 0 Å². The van der Waals surface area contributed by atoms with Gasteiger partial charge in [-0.2, -0.15) is 12.6 Å². The van der Waals surface area contributed by atoms with Crippen molar-refractivity contribution < 1.29 is 19.1 Å². The minimum atomic E-state index is -0.949. The topological polar surface area (TPSA) is 75.4 Å². The lowest BCUT2D eigenvalue weighted by atomic mass is 9.93. The minimum absolute atomic E-state index is 0. The van der Waals surface area contributed by atoms with E-state index in [1.54, 1.807) is 35.2 Å². The Labute approximate surface area is 192 Å². The summed E-state index contributed by atoms with van der Waals surface area (Å²) in [5.41, 5.74) is 1.35. The van der Waals surface area contributed by atoms with Crippen molar-refractivity contribution in [3.05, 3.63) is 59.4 Å². The maximum absolute atomic E-state index is 14.6. The maximum Gasteiger partial charge on any atom is 0.323 e. The first-order valence-electron chi connectivity index (χ1n) is 10.1. The van der Waals surface area contributed by atoms with Gasteiger partial charge in [-0.1, -0.05) is 18.2 Å². The summed E-state index contributed by atoms with van der Waals surface area (Å²) in [6.07, 6.45) is 7.45. The van der Waals surface area contributed by atoms with E-state index in [9.17, 15) is 14.0 Å². The van der Waals surface area contributed by atoms with Crippen LogP contribution in [0.25, 0.3) is 6.08 Å². The average molecular weight is 466 g/mol. The van der Waals surface area contributed by atoms with Crippen LogP contribution in [0.4, 0.5) is 4.39 Å². The summed E-state index contributed by atoms with van der Waals surface area (Å²) in [6.45, 7) is 0.899. The third kappa shape index (κ3) is 5.37. The summed E-state index contributed by atoms with van der Waals surface area (Å²) in [5.74, 6) is -0.707. The minimum Gasteiger partial charge on any atom is -0.480 e. The number of carbonyl (C=O) groups excluding carboxylic acids is 1. The maximum atomic E-state index is 14.6. The van der Waals surface area contributed by atoms with Gasteiger partial charge >= 0.3 is 5.97 Å². The van der Waals surface area contributed by atoms with Gasteiger partial charge in [-0.15, -0.1) is 12.4 Å². The number of aromatic nitrogens is 2. The number of hydrogen-bond donors (Lipinski definition) is 2. The normalized spacial score (nSPS) is 21.5. The zero-order valence-corrected chi connectivity index (χ0v) is 18.6. The first-order valence-corrected chi connectivity index (χ1v) is 10.6. The van der Waals surface area contributed by atoms with Gasteiger partial charge in [0.05, 0.1) is 6.04 Å². The van der Waals surface area contributed by atoms with Gasteiger partial charge in [-0.05, 0) is 37.0 Å². The molecule has 2 aliphatic rings. The molecule has 2 atom stereocenters. The highest BCUT2D eigenvalue weighted by molar-refractivity contribution is 7.81. The number of halogens is 2. The highest BCUT2D eigenvalue weighted by Crippen LogP contribution is 2.39. The van der Waals surface area contributed by atoms with Gasteiger partial charge in [0.25, 0.3) is 0 Å². The molecule has 2 unspecified atom stereocenters. The van der Waals surface area contributed by atoms with Crippen molar-refractivity contribution in [1.82, 2.24) is 14.5 Å². The second-order valence-electron chi connectivity index (χ2n) is 7.90. The van der Waals surface area contributed by atoms with Crippen LogP contribution in [-0.2, 0) is 16.1 Å². The Balaban J connectivity index is 0.00000272. The van der Waals surface area contributed by atoms with Crippen LogP contribution in [-0.4, -0.2) is 49.6 Å². The van der Waals surface area contributed by atoms with Crippen LogP contribution < -0.4 is 0 Å².